The largest absolute Gasteiger partial charge is 0.332 e. The summed E-state index contributed by atoms with van der Waals surface area (Å²) < 4.78 is 0. The van der Waals surface area contributed by atoms with Crippen molar-refractivity contribution in [2.24, 2.45) is 0 Å². The number of carbonyl (C=O) groups excluding carboxylic acids is 1. The predicted octanol–water partition coefficient (Wildman–Crippen LogP) is 0.768. The zero-order valence-electron chi connectivity index (χ0n) is 6.21. The normalized spacial score (nSPS) is 8.40. The molecule has 0 spiro atoms. The number of nitriles is 1. The Balaban J connectivity index is 3.41. The van der Waals surface area contributed by atoms with Crippen LogP contribution in [0.3, 0.4) is 0 Å². The zero-order valence-corrected chi connectivity index (χ0v) is 6.21. The van der Waals surface area contributed by atoms with Gasteiger partial charge in [-0.3, -0.25) is 4.79 Å². The summed E-state index contributed by atoms with van der Waals surface area (Å²) in [6, 6.07) is 1.92. The fourth-order valence-electron chi connectivity index (χ4n) is 0.621. The van der Waals surface area contributed by atoms with Crippen LogP contribution in [0.2, 0.25) is 0 Å². The highest BCUT2D eigenvalue weighted by Crippen LogP contribution is 1.89. The van der Waals surface area contributed by atoms with Crippen molar-refractivity contribution in [3.8, 4) is 6.07 Å². The zero-order chi connectivity index (χ0) is 7.82. The van der Waals surface area contributed by atoms with Crippen LogP contribution in [-0.2, 0) is 4.79 Å². The van der Waals surface area contributed by atoms with Gasteiger partial charge in [0.2, 0.25) is 6.41 Å². The van der Waals surface area contributed by atoms with Gasteiger partial charge in [-0.1, -0.05) is 13.3 Å². The van der Waals surface area contributed by atoms with Gasteiger partial charge in [0, 0.05) is 6.54 Å². The summed E-state index contributed by atoms with van der Waals surface area (Å²) in [4.78, 5) is 11.7. The molecule has 0 heterocycles. The molecule has 0 unspecified atom stereocenters. The van der Waals surface area contributed by atoms with Crippen molar-refractivity contribution < 1.29 is 4.79 Å². The van der Waals surface area contributed by atoms with E-state index in [0.717, 1.165) is 19.3 Å². The maximum atomic E-state index is 10.2. The molecule has 0 fully saturated rings. The molecular formula is C7H12N2O. The Kier molecular flexibility index (Phi) is 5.45. The highest BCUT2D eigenvalue weighted by molar-refractivity contribution is 5.47. The van der Waals surface area contributed by atoms with Crippen LogP contribution in [0.5, 0.6) is 0 Å². The highest BCUT2D eigenvalue weighted by Gasteiger charge is 1.96. The minimum Gasteiger partial charge on any atom is -0.332 e. The van der Waals surface area contributed by atoms with Crippen LogP contribution in [-0.4, -0.2) is 24.4 Å². The van der Waals surface area contributed by atoms with Gasteiger partial charge in [-0.15, -0.1) is 0 Å². The lowest BCUT2D eigenvalue weighted by Crippen LogP contribution is -2.23. The summed E-state index contributed by atoms with van der Waals surface area (Å²) in [5, 5.41) is 8.22. The lowest BCUT2D eigenvalue weighted by molar-refractivity contribution is -0.117. The summed E-state index contributed by atoms with van der Waals surface area (Å²) in [5.74, 6) is 0. The molecule has 0 aliphatic carbocycles. The molecule has 3 heteroatoms. The molecule has 0 bridgehead atoms. The second-order valence-corrected chi connectivity index (χ2v) is 2.09. The molecule has 0 aromatic heterocycles. The molecule has 0 saturated carbocycles. The van der Waals surface area contributed by atoms with Crippen molar-refractivity contribution in [1.29, 1.82) is 5.26 Å². The molecule has 0 radical (unpaired) electrons. The van der Waals surface area contributed by atoms with Gasteiger partial charge in [0.15, 0.2) is 0 Å². The first-order valence-corrected chi connectivity index (χ1v) is 3.41. The number of rotatable bonds is 5. The van der Waals surface area contributed by atoms with Crippen molar-refractivity contribution in [2.45, 2.75) is 19.8 Å². The molecule has 0 N–H and O–H groups in total. The van der Waals surface area contributed by atoms with E-state index in [1.165, 1.54) is 4.90 Å². The van der Waals surface area contributed by atoms with E-state index in [-0.39, 0.29) is 6.54 Å². The average molecular weight is 140 g/mol. The van der Waals surface area contributed by atoms with Crippen LogP contribution in [0.1, 0.15) is 19.8 Å². The van der Waals surface area contributed by atoms with Gasteiger partial charge in [-0.2, -0.15) is 5.26 Å². The number of unbranched alkanes of at least 4 members (excludes halogenated alkanes) is 1. The first-order chi connectivity index (χ1) is 4.85. The van der Waals surface area contributed by atoms with Crippen molar-refractivity contribution in [1.82, 2.24) is 4.90 Å². The Morgan fingerprint density at radius 1 is 1.70 bits per heavy atom. The van der Waals surface area contributed by atoms with Gasteiger partial charge in [0.1, 0.15) is 6.54 Å². The molecule has 0 aromatic rings. The summed E-state index contributed by atoms with van der Waals surface area (Å²) >= 11 is 0. The van der Waals surface area contributed by atoms with Crippen molar-refractivity contribution in [2.75, 3.05) is 13.1 Å². The summed E-state index contributed by atoms with van der Waals surface area (Å²) in [6.45, 7) is 2.96. The number of amides is 1. The Bertz CT molecular complexity index is 128. The van der Waals surface area contributed by atoms with E-state index in [1.54, 1.807) is 0 Å². The number of hydrogen-bond acceptors (Lipinski definition) is 2. The fourth-order valence-corrected chi connectivity index (χ4v) is 0.621. The maximum Gasteiger partial charge on any atom is 0.210 e. The Labute approximate surface area is 61.2 Å². The SMILES string of the molecule is CCCCN(C=O)CC#N. The van der Waals surface area contributed by atoms with Gasteiger partial charge in [0.25, 0.3) is 0 Å². The second kappa shape index (κ2) is 6.09. The van der Waals surface area contributed by atoms with Crippen LogP contribution < -0.4 is 0 Å². The summed E-state index contributed by atoms with van der Waals surface area (Å²) in [6.07, 6.45) is 2.75. The van der Waals surface area contributed by atoms with Crippen LogP contribution in [0.15, 0.2) is 0 Å². The van der Waals surface area contributed by atoms with E-state index < -0.39 is 0 Å². The lowest BCUT2D eigenvalue weighted by atomic mass is 10.3. The minimum atomic E-state index is 0.212. The second-order valence-electron chi connectivity index (χ2n) is 2.09. The molecule has 10 heavy (non-hydrogen) atoms. The average Bonchev–Trinajstić information content (AvgIpc) is 1.98. The molecule has 3 nitrogen and oxygen atoms in total. The van der Waals surface area contributed by atoms with E-state index in [9.17, 15) is 4.79 Å². The van der Waals surface area contributed by atoms with E-state index in [1.807, 2.05) is 6.07 Å². The highest BCUT2D eigenvalue weighted by atomic mass is 16.1. The topological polar surface area (TPSA) is 44.1 Å². The van der Waals surface area contributed by atoms with E-state index >= 15 is 0 Å². The number of carbonyl (C=O) groups is 1. The summed E-state index contributed by atoms with van der Waals surface area (Å²) in [5.41, 5.74) is 0. The van der Waals surface area contributed by atoms with Crippen molar-refractivity contribution in [3.63, 3.8) is 0 Å². The predicted molar refractivity (Wildman–Crippen MR) is 38.2 cm³/mol. The molecule has 0 aliphatic rings. The van der Waals surface area contributed by atoms with Crippen LogP contribution in [0, 0.1) is 11.3 Å². The fraction of sp³-hybridized carbons (Fsp3) is 0.714. The smallest absolute Gasteiger partial charge is 0.210 e. The van der Waals surface area contributed by atoms with Crippen molar-refractivity contribution >= 4 is 6.41 Å². The van der Waals surface area contributed by atoms with Gasteiger partial charge in [-0.25, -0.2) is 0 Å². The van der Waals surface area contributed by atoms with Gasteiger partial charge < -0.3 is 4.90 Å². The van der Waals surface area contributed by atoms with E-state index in [0.29, 0.717) is 6.54 Å². The Morgan fingerprint density at radius 2 is 2.40 bits per heavy atom. The molecule has 0 atom stereocenters. The third-order valence-electron chi connectivity index (χ3n) is 1.22. The van der Waals surface area contributed by atoms with E-state index in [2.05, 4.69) is 6.92 Å². The molecule has 0 rings (SSSR count). The maximum absolute atomic E-state index is 10.2. The van der Waals surface area contributed by atoms with Crippen molar-refractivity contribution in [3.05, 3.63) is 0 Å². The molecular weight excluding hydrogens is 128 g/mol. The Morgan fingerprint density at radius 3 is 2.80 bits per heavy atom. The minimum absolute atomic E-state index is 0.212. The number of nitrogens with zero attached hydrogens (tertiary/aromatic N) is 2. The first kappa shape index (κ1) is 8.96. The van der Waals surface area contributed by atoms with Crippen LogP contribution >= 0.6 is 0 Å². The quantitative estimate of drug-likeness (QED) is 0.418. The molecule has 0 aromatic carbocycles. The molecule has 0 saturated heterocycles. The first-order valence-electron chi connectivity index (χ1n) is 3.41. The lowest BCUT2D eigenvalue weighted by Gasteiger charge is -2.10. The van der Waals surface area contributed by atoms with E-state index in [4.69, 9.17) is 5.26 Å². The van der Waals surface area contributed by atoms with Crippen LogP contribution in [0.25, 0.3) is 0 Å². The monoisotopic (exact) mass is 140 g/mol. The number of hydrogen-bond donors (Lipinski definition) is 0. The third-order valence-corrected chi connectivity index (χ3v) is 1.22. The standard InChI is InChI=1S/C7H12N2O/c1-2-3-5-9(7-10)6-4-8/h7H,2-3,5-6H2,1H3. The molecule has 0 aliphatic heterocycles. The molecule has 56 valence electrons. The van der Waals surface area contributed by atoms with Crippen LogP contribution in [0.4, 0.5) is 0 Å². The van der Waals surface area contributed by atoms with Gasteiger partial charge in [-0.05, 0) is 6.42 Å². The van der Waals surface area contributed by atoms with Gasteiger partial charge in [0.05, 0.1) is 6.07 Å². The Hall–Kier alpha value is -1.04. The molecule has 1 amide bonds. The van der Waals surface area contributed by atoms with Gasteiger partial charge >= 0.3 is 0 Å². The third kappa shape index (κ3) is 3.90. The summed E-state index contributed by atoms with van der Waals surface area (Å²) in [7, 11) is 0.